The lowest BCUT2D eigenvalue weighted by atomic mass is 9.93. The Morgan fingerprint density at radius 2 is 1.67 bits per heavy atom. The molecule has 0 bridgehead atoms. The lowest BCUT2D eigenvalue weighted by Gasteiger charge is -2.41. The van der Waals surface area contributed by atoms with Crippen molar-refractivity contribution in [3.8, 4) is 0 Å². The first-order chi connectivity index (χ1) is 14.7. The molecule has 2 aliphatic rings. The number of aromatic nitrogens is 1. The van der Waals surface area contributed by atoms with Gasteiger partial charge in [-0.3, -0.25) is 4.98 Å². The van der Waals surface area contributed by atoms with Crippen LogP contribution < -0.4 is 10.6 Å². The predicted molar refractivity (Wildman–Crippen MR) is 125 cm³/mol. The van der Waals surface area contributed by atoms with Gasteiger partial charge in [-0.05, 0) is 108 Å². The SMILES string of the molecule is Cc1cc(Nc2ccc(CNCC3CCN(C4CCN(C)CC4)CC3)cc2)ccn1. The molecule has 0 radical (unpaired) electrons. The summed E-state index contributed by atoms with van der Waals surface area (Å²) in [5.74, 6) is 0.823. The average Bonchev–Trinajstić information content (AvgIpc) is 2.76. The summed E-state index contributed by atoms with van der Waals surface area (Å²) in [7, 11) is 2.25. The summed E-state index contributed by atoms with van der Waals surface area (Å²) < 4.78 is 0. The average molecular weight is 408 g/mol. The number of aryl methyl sites for hydroxylation is 1. The molecule has 3 heterocycles. The number of piperidine rings is 2. The molecule has 5 nitrogen and oxygen atoms in total. The zero-order valence-electron chi connectivity index (χ0n) is 18.6. The number of rotatable bonds is 7. The fourth-order valence-corrected chi connectivity index (χ4v) is 4.80. The molecule has 0 atom stereocenters. The fraction of sp³-hybridized carbons (Fsp3) is 0.560. The molecule has 162 valence electrons. The summed E-state index contributed by atoms with van der Waals surface area (Å²) in [5, 5.41) is 7.14. The second-order valence-corrected chi connectivity index (χ2v) is 9.15. The van der Waals surface area contributed by atoms with E-state index in [4.69, 9.17) is 0 Å². The van der Waals surface area contributed by atoms with E-state index in [-0.39, 0.29) is 0 Å². The van der Waals surface area contributed by atoms with Crippen LogP contribution in [0.1, 0.15) is 36.9 Å². The number of hydrogen-bond acceptors (Lipinski definition) is 5. The Balaban J connectivity index is 1.15. The number of nitrogens with one attached hydrogen (secondary N) is 2. The standard InChI is InChI=1S/C25H37N5/c1-20-17-24(7-12-27-20)28-23-5-3-21(4-6-23)18-26-19-22-8-15-30(16-9-22)25-10-13-29(2)14-11-25/h3-7,12,17,22,25-26H,8-11,13-16,18-19H2,1-2H3,(H,27,28). The molecule has 2 N–H and O–H groups in total. The zero-order valence-corrected chi connectivity index (χ0v) is 18.6. The largest absolute Gasteiger partial charge is 0.355 e. The Morgan fingerprint density at radius 1 is 0.933 bits per heavy atom. The van der Waals surface area contributed by atoms with Gasteiger partial charge < -0.3 is 20.4 Å². The number of likely N-dealkylation sites (tertiary alicyclic amines) is 2. The number of nitrogens with zero attached hydrogens (tertiary/aromatic N) is 3. The van der Waals surface area contributed by atoms with Crippen molar-refractivity contribution in [3.63, 3.8) is 0 Å². The summed E-state index contributed by atoms with van der Waals surface area (Å²) >= 11 is 0. The van der Waals surface area contributed by atoms with Crippen LogP contribution in [0.25, 0.3) is 0 Å². The highest BCUT2D eigenvalue weighted by Gasteiger charge is 2.27. The maximum atomic E-state index is 4.25. The molecule has 4 rings (SSSR count). The molecule has 0 spiro atoms. The van der Waals surface area contributed by atoms with Gasteiger partial charge in [0.25, 0.3) is 0 Å². The van der Waals surface area contributed by atoms with Crippen molar-refractivity contribution < 1.29 is 0 Å². The third-order valence-electron chi connectivity index (χ3n) is 6.76. The maximum Gasteiger partial charge on any atom is 0.0417 e. The summed E-state index contributed by atoms with van der Waals surface area (Å²) in [6.07, 6.45) is 7.23. The maximum absolute atomic E-state index is 4.25. The zero-order chi connectivity index (χ0) is 20.8. The second-order valence-electron chi connectivity index (χ2n) is 9.15. The topological polar surface area (TPSA) is 43.4 Å². The molecular weight excluding hydrogens is 370 g/mol. The second kappa shape index (κ2) is 10.4. The molecule has 5 heteroatoms. The number of anilines is 2. The third kappa shape index (κ3) is 6.03. The van der Waals surface area contributed by atoms with E-state index in [1.165, 1.54) is 57.4 Å². The van der Waals surface area contributed by atoms with E-state index in [1.807, 2.05) is 19.2 Å². The number of benzene rings is 1. The van der Waals surface area contributed by atoms with Crippen LogP contribution in [0.2, 0.25) is 0 Å². The summed E-state index contributed by atoms with van der Waals surface area (Å²) in [6, 6.07) is 13.6. The van der Waals surface area contributed by atoms with Gasteiger partial charge in [-0.25, -0.2) is 0 Å². The first-order valence-corrected chi connectivity index (χ1v) is 11.6. The van der Waals surface area contributed by atoms with Gasteiger partial charge >= 0.3 is 0 Å². The predicted octanol–water partition coefficient (Wildman–Crippen LogP) is 4.03. The van der Waals surface area contributed by atoms with Crippen LogP contribution in [0.15, 0.2) is 42.6 Å². The summed E-state index contributed by atoms with van der Waals surface area (Å²) in [4.78, 5) is 9.48. The molecule has 0 unspecified atom stereocenters. The van der Waals surface area contributed by atoms with Crippen LogP contribution in [0.5, 0.6) is 0 Å². The molecule has 2 fully saturated rings. The van der Waals surface area contributed by atoms with Crippen LogP contribution in [-0.4, -0.2) is 60.6 Å². The molecular formula is C25H37N5. The molecule has 2 aromatic rings. The quantitative estimate of drug-likeness (QED) is 0.725. The Morgan fingerprint density at radius 3 is 2.37 bits per heavy atom. The normalized spacial score (nSPS) is 19.8. The highest BCUT2D eigenvalue weighted by atomic mass is 15.2. The van der Waals surface area contributed by atoms with E-state index < -0.39 is 0 Å². The van der Waals surface area contributed by atoms with Gasteiger partial charge in [-0.2, -0.15) is 0 Å². The van der Waals surface area contributed by atoms with Crippen molar-refractivity contribution >= 4 is 11.4 Å². The first-order valence-electron chi connectivity index (χ1n) is 11.6. The lowest BCUT2D eigenvalue weighted by molar-refractivity contribution is 0.0853. The summed E-state index contributed by atoms with van der Waals surface area (Å²) in [6.45, 7) is 9.20. The van der Waals surface area contributed by atoms with E-state index in [1.54, 1.807) is 0 Å². The summed E-state index contributed by atoms with van der Waals surface area (Å²) in [5.41, 5.74) is 4.57. The van der Waals surface area contributed by atoms with Crippen LogP contribution in [0.4, 0.5) is 11.4 Å². The van der Waals surface area contributed by atoms with Gasteiger partial charge in [-0.15, -0.1) is 0 Å². The Kier molecular flexibility index (Phi) is 7.37. The van der Waals surface area contributed by atoms with Crippen molar-refractivity contribution in [2.24, 2.45) is 5.92 Å². The van der Waals surface area contributed by atoms with E-state index in [0.29, 0.717) is 0 Å². The number of pyridine rings is 1. The fourth-order valence-electron chi connectivity index (χ4n) is 4.80. The molecule has 2 aliphatic heterocycles. The minimum atomic E-state index is 0.823. The van der Waals surface area contributed by atoms with E-state index in [9.17, 15) is 0 Å². The van der Waals surface area contributed by atoms with Crippen LogP contribution >= 0.6 is 0 Å². The highest BCUT2D eigenvalue weighted by molar-refractivity contribution is 5.59. The molecule has 30 heavy (non-hydrogen) atoms. The van der Waals surface area contributed by atoms with Crippen molar-refractivity contribution in [3.05, 3.63) is 53.9 Å². The van der Waals surface area contributed by atoms with Gasteiger partial charge in [0.05, 0.1) is 0 Å². The smallest absolute Gasteiger partial charge is 0.0417 e. The minimum Gasteiger partial charge on any atom is -0.355 e. The van der Waals surface area contributed by atoms with E-state index in [0.717, 1.165) is 42.1 Å². The Hall–Kier alpha value is -1.95. The molecule has 1 aromatic carbocycles. The highest BCUT2D eigenvalue weighted by Crippen LogP contribution is 2.23. The Labute approximate surface area is 181 Å². The number of hydrogen-bond donors (Lipinski definition) is 2. The van der Waals surface area contributed by atoms with Gasteiger partial charge in [-0.1, -0.05) is 12.1 Å². The molecule has 0 saturated carbocycles. The van der Waals surface area contributed by atoms with Gasteiger partial charge in [0, 0.05) is 35.9 Å². The van der Waals surface area contributed by atoms with E-state index in [2.05, 4.69) is 62.8 Å². The first kappa shape index (κ1) is 21.3. The van der Waals surface area contributed by atoms with Crippen LogP contribution in [0, 0.1) is 12.8 Å². The lowest BCUT2D eigenvalue weighted by Crippen LogP contribution is -2.47. The third-order valence-corrected chi connectivity index (χ3v) is 6.76. The van der Waals surface area contributed by atoms with Crippen LogP contribution in [-0.2, 0) is 6.54 Å². The van der Waals surface area contributed by atoms with Gasteiger partial charge in [0.2, 0.25) is 0 Å². The van der Waals surface area contributed by atoms with Crippen LogP contribution in [0.3, 0.4) is 0 Å². The molecule has 0 aliphatic carbocycles. The molecule has 1 aromatic heterocycles. The van der Waals surface area contributed by atoms with Crippen molar-refractivity contribution in [1.29, 1.82) is 0 Å². The van der Waals surface area contributed by atoms with Crippen molar-refractivity contribution in [2.45, 2.75) is 45.2 Å². The van der Waals surface area contributed by atoms with Gasteiger partial charge in [0.1, 0.15) is 0 Å². The van der Waals surface area contributed by atoms with E-state index >= 15 is 0 Å². The van der Waals surface area contributed by atoms with Crippen molar-refractivity contribution in [1.82, 2.24) is 20.1 Å². The Bertz CT molecular complexity index is 774. The molecule has 2 saturated heterocycles. The monoisotopic (exact) mass is 407 g/mol. The van der Waals surface area contributed by atoms with Crippen molar-refractivity contribution in [2.75, 3.05) is 45.1 Å². The molecule has 0 amide bonds. The van der Waals surface area contributed by atoms with Gasteiger partial charge in [0.15, 0.2) is 0 Å². The minimum absolute atomic E-state index is 0.823.